The second kappa shape index (κ2) is 6.96. The third kappa shape index (κ3) is 3.99. The first-order valence-electron chi connectivity index (χ1n) is 6.75. The van der Waals surface area contributed by atoms with Crippen molar-refractivity contribution in [2.45, 2.75) is 26.6 Å². The zero-order valence-corrected chi connectivity index (χ0v) is 14.0. The molecule has 4 heteroatoms. The number of hydrogen-bond donors (Lipinski definition) is 1. The summed E-state index contributed by atoms with van der Waals surface area (Å²) in [4.78, 5) is 0. The highest BCUT2D eigenvalue weighted by molar-refractivity contribution is 9.10. The Morgan fingerprint density at radius 2 is 1.86 bits per heavy atom. The van der Waals surface area contributed by atoms with Crippen LogP contribution in [-0.2, 0) is 6.61 Å². The average Bonchev–Trinajstić information content (AvgIpc) is 2.46. The monoisotopic (exact) mass is 350 g/mol. The van der Waals surface area contributed by atoms with Crippen LogP contribution in [0.25, 0.3) is 0 Å². The van der Waals surface area contributed by atoms with Gasteiger partial charge in [-0.15, -0.1) is 0 Å². The highest BCUT2D eigenvalue weighted by Gasteiger charge is 2.11. The summed E-state index contributed by atoms with van der Waals surface area (Å²) in [6.07, 6.45) is -0.565. The van der Waals surface area contributed by atoms with Crippen LogP contribution in [0.2, 0.25) is 0 Å². The van der Waals surface area contributed by atoms with Crippen LogP contribution in [0.1, 0.15) is 29.7 Å². The fourth-order valence-corrected chi connectivity index (χ4v) is 2.55. The number of aliphatic hydroxyl groups excluding tert-OH is 1. The Hall–Kier alpha value is -1.52. The third-order valence-corrected chi connectivity index (χ3v) is 3.73. The van der Waals surface area contributed by atoms with Crippen molar-refractivity contribution in [2.75, 3.05) is 7.11 Å². The largest absolute Gasteiger partial charge is 0.496 e. The molecule has 112 valence electrons. The molecule has 0 amide bonds. The smallest absolute Gasteiger partial charge is 0.125 e. The molecular formula is C17H19BrO3. The first-order chi connectivity index (χ1) is 10.0. The predicted molar refractivity (Wildman–Crippen MR) is 86.8 cm³/mol. The molecule has 0 fully saturated rings. The minimum absolute atomic E-state index is 0.380. The average molecular weight is 351 g/mol. The number of rotatable bonds is 5. The van der Waals surface area contributed by atoms with Crippen LogP contribution >= 0.6 is 15.9 Å². The molecule has 1 atom stereocenters. The van der Waals surface area contributed by atoms with E-state index in [1.807, 2.05) is 43.3 Å². The molecular weight excluding hydrogens is 332 g/mol. The molecule has 1 unspecified atom stereocenters. The number of halogens is 1. The normalized spacial score (nSPS) is 12.0. The van der Waals surface area contributed by atoms with Crippen LogP contribution in [0.15, 0.2) is 40.9 Å². The van der Waals surface area contributed by atoms with Crippen molar-refractivity contribution in [3.8, 4) is 11.5 Å². The summed E-state index contributed by atoms with van der Waals surface area (Å²) >= 11 is 3.45. The summed E-state index contributed by atoms with van der Waals surface area (Å²) in [5.41, 5.74) is 2.84. The first kappa shape index (κ1) is 15.9. The van der Waals surface area contributed by atoms with Gasteiger partial charge in [0, 0.05) is 15.6 Å². The van der Waals surface area contributed by atoms with Crippen LogP contribution in [-0.4, -0.2) is 12.2 Å². The maximum absolute atomic E-state index is 9.86. The molecule has 0 radical (unpaired) electrons. The van der Waals surface area contributed by atoms with E-state index in [-0.39, 0.29) is 0 Å². The number of methoxy groups -OCH3 is 1. The second-order valence-corrected chi connectivity index (χ2v) is 5.88. The van der Waals surface area contributed by atoms with Crippen molar-refractivity contribution >= 4 is 15.9 Å². The molecule has 0 saturated carbocycles. The molecule has 0 saturated heterocycles. The number of hydrogen-bond acceptors (Lipinski definition) is 3. The maximum atomic E-state index is 9.86. The van der Waals surface area contributed by atoms with E-state index in [2.05, 4.69) is 15.9 Å². The molecule has 0 aromatic heterocycles. The van der Waals surface area contributed by atoms with Gasteiger partial charge in [-0.3, -0.25) is 0 Å². The van der Waals surface area contributed by atoms with Crippen molar-refractivity contribution in [2.24, 2.45) is 0 Å². The Labute approximate surface area is 133 Å². The Bertz CT molecular complexity index is 623. The predicted octanol–water partition coefficient (Wildman–Crippen LogP) is 4.40. The lowest BCUT2D eigenvalue weighted by Gasteiger charge is -2.15. The molecule has 0 aliphatic rings. The van der Waals surface area contributed by atoms with E-state index in [0.29, 0.717) is 12.4 Å². The molecule has 0 heterocycles. The molecule has 2 aromatic rings. The van der Waals surface area contributed by atoms with E-state index in [0.717, 1.165) is 26.9 Å². The van der Waals surface area contributed by atoms with Crippen molar-refractivity contribution in [1.82, 2.24) is 0 Å². The molecule has 0 aliphatic carbocycles. The summed E-state index contributed by atoms with van der Waals surface area (Å²) in [5.74, 6) is 1.47. The molecule has 0 aliphatic heterocycles. The summed E-state index contributed by atoms with van der Waals surface area (Å²) in [6.45, 7) is 4.11. The van der Waals surface area contributed by atoms with E-state index >= 15 is 0 Å². The van der Waals surface area contributed by atoms with Crippen LogP contribution in [0.4, 0.5) is 0 Å². The zero-order chi connectivity index (χ0) is 15.4. The van der Waals surface area contributed by atoms with Gasteiger partial charge in [0.15, 0.2) is 0 Å². The van der Waals surface area contributed by atoms with Gasteiger partial charge in [-0.05, 0) is 44.2 Å². The van der Waals surface area contributed by atoms with Gasteiger partial charge in [0.25, 0.3) is 0 Å². The van der Waals surface area contributed by atoms with Crippen LogP contribution in [0.3, 0.4) is 0 Å². The number of ether oxygens (including phenoxy) is 2. The molecule has 0 bridgehead atoms. The van der Waals surface area contributed by atoms with Gasteiger partial charge in [0.2, 0.25) is 0 Å². The van der Waals surface area contributed by atoms with Gasteiger partial charge in [0.05, 0.1) is 13.2 Å². The third-order valence-electron chi connectivity index (χ3n) is 3.24. The molecule has 21 heavy (non-hydrogen) atoms. The molecule has 0 spiro atoms. The number of benzene rings is 2. The number of aliphatic hydroxyl groups is 1. The first-order valence-corrected chi connectivity index (χ1v) is 7.54. The van der Waals surface area contributed by atoms with Crippen LogP contribution in [0, 0.1) is 6.92 Å². The second-order valence-electron chi connectivity index (χ2n) is 4.96. The fourth-order valence-electron chi connectivity index (χ4n) is 2.14. The van der Waals surface area contributed by atoms with E-state index in [1.165, 1.54) is 0 Å². The number of aryl methyl sites for hydroxylation is 1. The van der Waals surface area contributed by atoms with Crippen molar-refractivity contribution in [3.63, 3.8) is 0 Å². The molecule has 2 rings (SSSR count). The van der Waals surface area contributed by atoms with Gasteiger partial charge in [-0.1, -0.05) is 27.6 Å². The van der Waals surface area contributed by atoms with E-state index in [9.17, 15) is 5.11 Å². The van der Waals surface area contributed by atoms with Crippen molar-refractivity contribution in [3.05, 3.63) is 57.6 Å². The van der Waals surface area contributed by atoms with Gasteiger partial charge in [0.1, 0.15) is 18.1 Å². The lowest BCUT2D eigenvalue weighted by atomic mass is 10.1. The molecule has 2 aromatic carbocycles. The summed E-state index contributed by atoms with van der Waals surface area (Å²) in [7, 11) is 1.64. The Morgan fingerprint density at radius 3 is 2.52 bits per heavy atom. The van der Waals surface area contributed by atoms with E-state index in [1.54, 1.807) is 14.0 Å². The lowest BCUT2D eigenvalue weighted by Crippen LogP contribution is -2.03. The van der Waals surface area contributed by atoms with Crippen molar-refractivity contribution in [1.29, 1.82) is 0 Å². The van der Waals surface area contributed by atoms with Gasteiger partial charge in [-0.25, -0.2) is 0 Å². The van der Waals surface area contributed by atoms with Gasteiger partial charge >= 0.3 is 0 Å². The van der Waals surface area contributed by atoms with Gasteiger partial charge < -0.3 is 14.6 Å². The minimum atomic E-state index is -0.565. The minimum Gasteiger partial charge on any atom is -0.496 e. The molecule has 3 nitrogen and oxygen atoms in total. The van der Waals surface area contributed by atoms with Crippen LogP contribution in [0.5, 0.6) is 11.5 Å². The summed E-state index contributed by atoms with van der Waals surface area (Å²) < 4.78 is 12.2. The summed E-state index contributed by atoms with van der Waals surface area (Å²) in [5, 5.41) is 9.86. The standard InChI is InChI=1S/C17H19BrO3/c1-11-4-6-17(15(8-11)12(2)19)21-10-13-9-14(18)5-7-16(13)20-3/h4-9,12,19H,10H2,1-3H3. The SMILES string of the molecule is COc1ccc(Br)cc1COc1ccc(C)cc1C(C)O. The summed E-state index contributed by atoms with van der Waals surface area (Å²) in [6, 6.07) is 11.6. The zero-order valence-electron chi connectivity index (χ0n) is 12.4. The van der Waals surface area contributed by atoms with E-state index < -0.39 is 6.10 Å². The van der Waals surface area contributed by atoms with Crippen LogP contribution < -0.4 is 9.47 Å². The maximum Gasteiger partial charge on any atom is 0.125 e. The van der Waals surface area contributed by atoms with Crippen molar-refractivity contribution < 1.29 is 14.6 Å². The highest BCUT2D eigenvalue weighted by atomic mass is 79.9. The Morgan fingerprint density at radius 1 is 1.14 bits per heavy atom. The topological polar surface area (TPSA) is 38.7 Å². The fraction of sp³-hybridized carbons (Fsp3) is 0.294. The highest BCUT2D eigenvalue weighted by Crippen LogP contribution is 2.29. The van der Waals surface area contributed by atoms with Gasteiger partial charge in [-0.2, -0.15) is 0 Å². The molecule has 1 N–H and O–H groups in total. The lowest BCUT2D eigenvalue weighted by molar-refractivity contribution is 0.189. The Kier molecular flexibility index (Phi) is 5.26. The quantitative estimate of drug-likeness (QED) is 0.868. The van der Waals surface area contributed by atoms with E-state index in [4.69, 9.17) is 9.47 Å². The Balaban J connectivity index is 2.22.